The Morgan fingerprint density at radius 1 is 1.11 bits per heavy atom. The number of ether oxygens (including phenoxy) is 3. The molecule has 7 atom stereocenters. The van der Waals surface area contributed by atoms with Gasteiger partial charge in [-0.25, -0.2) is 22.6 Å². The van der Waals surface area contributed by atoms with Crippen molar-refractivity contribution in [1.29, 1.82) is 0 Å². The van der Waals surface area contributed by atoms with Crippen LogP contribution in [-0.2, 0) is 24.4 Å². The lowest BCUT2D eigenvalue weighted by Crippen LogP contribution is -2.66. The predicted molar refractivity (Wildman–Crippen MR) is 211 cm³/mol. The lowest BCUT2D eigenvalue weighted by atomic mass is 9.82. The maximum Gasteiger partial charge on any atom is 0.411 e. The van der Waals surface area contributed by atoms with E-state index in [4.69, 9.17) is 14.2 Å². The Kier molecular flexibility index (Phi) is 11.7. The Morgan fingerprint density at radius 2 is 1.84 bits per heavy atom. The van der Waals surface area contributed by atoms with E-state index >= 15 is 4.79 Å². The molecule has 61 heavy (non-hydrogen) atoms. The fraction of sp³-hybridized carbons (Fsp3) is 0.634. The Labute approximate surface area is 350 Å². The minimum Gasteiger partial charge on any atom is -0.486 e. The van der Waals surface area contributed by atoms with Gasteiger partial charge in [0.2, 0.25) is 27.7 Å². The summed E-state index contributed by atoms with van der Waals surface area (Å²) in [6, 6.07) is 1.58. The van der Waals surface area contributed by atoms with E-state index in [1.54, 1.807) is 37.3 Å². The van der Waals surface area contributed by atoms with Crippen molar-refractivity contribution in [2.75, 3.05) is 26.4 Å². The fourth-order valence-corrected chi connectivity index (χ4v) is 10.3. The summed E-state index contributed by atoms with van der Waals surface area (Å²) in [6.07, 6.45) is -2.43. The lowest BCUT2D eigenvalue weighted by molar-refractivity contribution is -0.222. The van der Waals surface area contributed by atoms with Crippen molar-refractivity contribution < 1.29 is 64.5 Å². The molecule has 5 aliphatic rings. The van der Waals surface area contributed by atoms with E-state index in [0.717, 1.165) is 4.90 Å². The summed E-state index contributed by atoms with van der Waals surface area (Å²) < 4.78 is 103. The van der Waals surface area contributed by atoms with Crippen LogP contribution >= 0.6 is 0 Å². The highest BCUT2D eigenvalue weighted by Crippen LogP contribution is 2.49. The van der Waals surface area contributed by atoms with Crippen LogP contribution in [0.5, 0.6) is 17.4 Å². The maximum absolute atomic E-state index is 15.2. The molecule has 334 valence electrons. The fourth-order valence-electron chi connectivity index (χ4n) is 8.91. The first-order valence-corrected chi connectivity index (χ1v) is 22.0. The van der Waals surface area contributed by atoms with Gasteiger partial charge in [-0.1, -0.05) is 32.4 Å². The van der Waals surface area contributed by atoms with Crippen LogP contribution < -0.4 is 24.2 Å². The summed E-state index contributed by atoms with van der Waals surface area (Å²) in [5, 5.41) is 14.3. The summed E-state index contributed by atoms with van der Waals surface area (Å²) in [5.74, 6) is -3.97. The summed E-state index contributed by atoms with van der Waals surface area (Å²) in [6.45, 7) is 3.87. The smallest absolute Gasteiger partial charge is 0.411 e. The molecule has 2 aliphatic carbocycles. The number of fused-ring (bicyclic) bond motifs is 5. The van der Waals surface area contributed by atoms with Crippen molar-refractivity contribution in [3.05, 3.63) is 36.5 Å². The second-order valence-corrected chi connectivity index (χ2v) is 19.6. The van der Waals surface area contributed by atoms with Crippen LogP contribution in [0.4, 0.5) is 22.4 Å². The second-order valence-electron chi connectivity index (χ2n) is 17.5. The van der Waals surface area contributed by atoms with Crippen LogP contribution in [0.25, 0.3) is 10.8 Å². The normalized spacial score (nSPS) is 29.5. The number of carbonyl (C=O) groups excluding carboxylic acids is 3. The lowest BCUT2D eigenvalue weighted by Gasteiger charge is -2.46. The topological polar surface area (TPSA) is 194 Å². The number of rotatable bonds is 9. The van der Waals surface area contributed by atoms with Gasteiger partial charge in [-0.2, -0.15) is 13.2 Å². The standard InChI is InChI=1S/C41H51F4N5O10S/c1-5-24-18-23(2)8-6-7-9-25-20-40(25,36(53)48-61(56,57)39(22-42)13-14-39)47-33(51)29-19-26(21-49(29)35(52)31(24)50(37(54)55)38(3,4)41(43,44)45)60-34-28-10-11-30-32(59-17-16-58-30)27(28)12-15-46-34/h7,9-12,15,23-26,29,31H,5-6,8,13-14,16-22H2,1-4H3,(H,47,51)(H,48,53)(H,54,55)/b9-7-/t23-,24-,25-,26-,29+,31+,40-/m1/s1. The van der Waals surface area contributed by atoms with Gasteiger partial charge in [0.1, 0.15) is 53.9 Å². The van der Waals surface area contributed by atoms with Gasteiger partial charge in [0.05, 0.1) is 6.54 Å². The zero-order valence-electron chi connectivity index (χ0n) is 34.3. The Balaban J connectivity index is 1.30. The summed E-state index contributed by atoms with van der Waals surface area (Å²) in [4.78, 5) is 62.4. The average molecular weight is 882 g/mol. The Bertz CT molecular complexity index is 2220. The van der Waals surface area contributed by atoms with Crippen LogP contribution in [-0.4, -0.2) is 119 Å². The number of carboxylic acid groups (broad SMARTS) is 1. The van der Waals surface area contributed by atoms with Crippen molar-refractivity contribution in [3.63, 3.8) is 0 Å². The number of hydrogen-bond donors (Lipinski definition) is 3. The molecule has 0 spiro atoms. The van der Waals surface area contributed by atoms with Crippen molar-refractivity contribution in [1.82, 2.24) is 24.8 Å². The van der Waals surface area contributed by atoms with E-state index in [1.807, 2.05) is 11.6 Å². The van der Waals surface area contributed by atoms with E-state index in [0.29, 0.717) is 55.6 Å². The highest BCUT2D eigenvalue weighted by atomic mass is 32.2. The van der Waals surface area contributed by atoms with Crippen LogP contribution in [0.15, 0.2) is 36.5 Å². The minimum absolute atomic E-state index is 0.000777. The second kappa shape index (κ2) is 16.1. The quantitative estimate of drug-likeness (QED) is 0.220. The number of amides is 4. The highest BCUT2D eigenvalue weighted by Gasteiger charge is 2.64. The zero-order valence-corrected chi connectivity index (χ0v) is 35.1. The minimum atomic E-state index is -5.12. The number of allylic oxidation sites excluding steroid dienone is 1. The number of nitrogens with zero attached hydrogens (tertiary/aromatic N) is 3. The molecule has 3 N–H and O–H groups in total. The van der Waals surface area contributed by atoms with Crippen molar-refractivity contribution in [2.24, 2.45) is 17.8 Å². The SMILES string of the molecule is CC[C@@H]1C[C@H](C)CC/C=C\[C@@H]2C[C@@]2(C(=O)NS(=O)(=O)C2(CF)CC2)NC(=O)[C@@H]2C[C@@H](Oc3nccc4c5c(ccc34)OCCO5)CN2C(=O)[C@H]1N(C(=O)O)C(C)(C)C(F)(F)F. The molecule has 3 aliphatic heterocycles. The molecule has 2 saturated carbocycles. The molecular formula is C41H51F4N5O10S. The summed E-state index contributed by atoms with van der Waals surface area (Å²) in [7, 11) is -4.51. The first kappa shape index (κ1) is 44.2. The summed E-state index contributed by atoms with van der Waals surface area (Å²) >= 11 is 0. The number of sulfonamides is 1. The molecule has 2 aromatic rings. The van der Waals surface area contributed by atoms with Gasteiger partial charge < -0.3 is 29.5 Å². The van der Waals surface area contributed by atoms with Crippen LogP contribution in [0.2, 0.25) is 0 Å². The van der Waals surface area contributed by atoms with Crippen LogP contribution in [0.3, 0.4) is 0 Å². The molecule has 0 unspecified atom stereocenters. The molecular weight excluding hydrogens is 831 g/mol. The first-order chi connectivity index (χ1) is 28.7. The summed E-state index contributed by atoms with van der Waals surface area (Å²) in [5.41, 5.74) is -4.92. The van der Waals surface area contributed by atoms with Gasteiger partial charge in [0.15, 0.2) is 11.5 Å². The van der Waals surface area contributed by atoms with Gasteiger partial charge in [-0.15, -0.1) is 0 Å². The molecule has 7 rings (SSSR count). The molecule has 1 aromatic carbocycles. The maximum atomic E-state index is 15.2. The molecule has 1 saturated heterocycles. The number of aromatic nitrogens is 1. The number of pyridine rings is 1. The first-order valence-electron chi connectivity index (χ1n) is 20.5. The highest BCUT2D eigenvalue weighted by molar-refractivity contribution is 7.91. The van der Waals surface area contributed by atoms with Crippen LogP contribution in [0, 0.1) is 17.8 Å². The molecule has 20 heteroatoms. The third kappa shape index (κ3) is 8.04. The average Bonchev–Trinajstić information content (AvgIpc) is 4.11. The molecule has 1 aromatic heterocycles. The third-order valence-corrected chi connectivity index (χ3v) is 15.2. The molecule has 0 radical (unpaired) electrons. The van der Waals surface area contributed by atoms with E-state index in [2.05, 4.69) is 10.3 Å². The Hall–Kier alpha value is -4.88. The molecule has 4 heterocycles. The monoisotopic (exact) mass is 881 g/mol. The number of carbonyl (C=O) groups is 4. The van der Waals surface area contributed by atoms with Crippen molar-refractivity contribution in [2.45, 2.75) is 119 Å². The number of benzene rings is 1. The van der Waals surface area contributed by atoms with Crippen LogP contribution in [0.1, 0.15) is 79.1 Å². The van der Waals surface area contributed by atoms with E-state index in [9.17, 15) is 45.5 Å². The molecule has 15 nitrogen and oxygen atoms in total. The van der Waals surface area contributed by atoms with Gasteiger partial charge in [0.25, 0.3) is 5.91 Å². The van der Waals surface area contributed by atoms with Gasteiger partial charge >= 0.3 is 12.3 Å². The zero-order chi connectivity index (χ0) is 44.3. The van der Waals surface area contributed by atoms with Gasteiger partial charge in [-0.05, 0) is 82.4 Å². The van der Waals surface area contributed by atoms with E-state index < -0.39 is 99.1 Å². The molecule has 3 fully saturated rings. The van der Waals surface area contributed by atoms with Crippen molar-refractivity contribution >= 4 is 44.6 Å². The Morgan fingerprint density at radius 3 is 2.49 bits per heavy atom. The number of halogens is 4. The largest absolute Gasteiger partial charge is 0.486 e. The van der Waals surface area contributed by atoms with Gasteiger partial charge in [0, 0.05) is 29.3 Å². The van der Waals surface area contributed by atoms with Crippen molar-refractivity contribution in [3.8, 4) is 17.4 Å². The predicted octanol–water partition coefficient (Wildman–Crippen LogP) is 5.27. The molecule has 0 bridgehead atoms. The number of alkyl halides is 4. The van der Waals surface area contributed by atoms with E-state index in [1.165, 1.54) is 6.20 Å². The third-order valence-electron chi connectivity index (χ3n) is 13.1. The molecule has 4 amide bonds. The number of hydrogen-bond acceptors (Lipinski definition) is 10. The number of nitrogens with one attached hydrogen (secondary N) is 2. The van der Waals surface area contributed by atoms with Gasteiger partial charge in [-0.3, -0.25) is 24.0 Å². The van der Waals surface area contributed by atoms with E-state index in [-0.39, 0.29) is 61.8 Å².